The Balaban J connectivity index is 2.65. The van der Waals surface area contributed by atoms with Crippen molar-refractivity contribution < 1.29 is 14.7 Å². The van der Waals surface area contributed by atoms with Crippen LogP contribution in [0.4, 0.5) is 0 Å². The van der Waals surface area contributed by atoms with Gasteiger partial charge >= 0.3 is 5.97 Å². The van der Waals surface area contributed by atoms with Gasteiger partial charge in [0.15, 0.2) is 0 Å². The van der Waals surface area contributed by atoms with E-state index in [1.165, 1.54) is 4.90 Å². The van der Waals surface area contributed by atoms with Crippen LogP contribution in [0, 0.1) is 0 Å². The molecule has 0 aromatic heterocycles. The van der Waals surface area contributed by atoms with Crippen LogP contribution in [0.15, 0.2) is 0 Å². The van der Waals surface area contributed by atoms with Gasteiger partial charge in [-0.05, 0) is 33.2 Å². The number of carbonyl (C=O) groups is 2. The number of nitrogens with zero attached hydrogens (tertiary/aromatic N) is 1. The maximum Gasteiger partial charge on any atom is 0.323 e. The predicted molar refractivity (Wildman–Crippen MR) is 64.7 cm³/mol. The number of hydrogen-bond donors (Lipinski definition) is 2. The summed E-state index contributed by atoms with van der Waals surface area (Å²) in [6.45, 7) is 4.32. The highest BCUT2D eigenvalue weighted by molar-refractivity contribution is 5.85. The Bertz CT molecular complexity index is 271. The van der Waals surface area contributed by atoms with Crippen molar-refractivity contribution in [3.05, 3.63) is 0 Å². The molecular formula is C12H22N2O3. The lowest BCUT2D eigenvalue weighted by molar-refractivity contribution is -0.146. The van der Waals surface area contributed by atoms with Crippen molar-refractivity contribution in [1.82, 2.24) is 10.2 Å². The Morgan fingerprint density at radius 1 is 1.35 bits per heavy atom. The van der Waals surface area contributed by atoms with Gasteiger partial charge in [0.05, 0.1) is 6.04 Å². The second-order valence-electron chi connectivity index (χ2n) is 4.81. The number of amides is 1. The van der Waals surface area contributed by atoms with E-state index in [4.69, 9.17) is 5.11 Å². The molecule has 5 heteroatoms. The fourth-order valence-electron chi connectivity index (χ4n) is 2.10. The Morgan fingerprint density at radius 3 is 2.65 bits per heavy atom. The number of carboxylic acid groups (broad SMARTS) is 1. The Kier molecular flexibility index (Phi) is 5.41. The minimum Gasteiger partial charge on any atom is -0.480 e. The van der Waals surface area contributed by atoms with Gasteiger partial charge in [0, 0.05) is 6.04 Å². The summed E-state index contributed by atoms with van der Waals surface area (Å²) in [6.07, 6.45) is 4.06. The number of carboxylic acids is 1. The lowest BCUT2D eigenvalue weighted by Crippen LogP contribution is -2.50. The molecule has 1 heterocycles. The molecule has 0 saturated carbocycles. The third-order valence-corrected chi connectivity index (χ3v) is 3.07. The highest BCUT2D eigenvalue weighted by Crippen LogP contribution is 2.12. The number of nitrogens with one attached hydrogen (secondary N) is 1. The maximum atomic E-state index is 12.2. The van der Waals surface area contributed by atoms with E-state index in [1.54, 1.807) is 0 Å². The number of rotatable bonds is 4. The summed E-state index contributed by atoms with van der Waals surface area (Å²) >= 11 is 0. The summed E-state index contributed by atoms with van der Waals surface area (Å²) in [4.78, 5) is 24.4. The first-order valence-corrected chi connectivity index (χ1v) is 6.28. The zero-order valence-electron chi connectivity index (χ0n) is 10.6. The fourth-order valence-corrected chi connectivity index (χ4v) is 2.10. The third-order valence-electron chi connectivity index (χ3n) is 3.07. The average Bonchev–Trinajstić information content (AvgIpc) is 2.52. The van der Waals surface area contributed by atoms with Crippen molar-refractivity contribution in [2.75, 3.05) is 13.1 Å². The second kappa shape index (κ2) is 6.59. The molecule has 1 aliphatic rings. The van der Waals surface area contributed by atoms with Gasteiger partial charge in [0.2, 0.25) is 5.91 Å². The highest BCUT2D eigenvalue weighted by atomic mass is 16.4. The first kappa shape index (κ1) is 14.0. The van der Waals surface area contributed by atoms with Crippen LogP contribution in [0.2, 0.25) is 0 Å². The van der Waals surface area contributed by atoms with Gasteiger partial charge < -0.3 is 15.3 Å². The van der Waals surface area contributed by atoms with E-state index < -0.39 is 5.97 Å². The van der Waals surface area contributed by atoms with Crippen molar-refractivity contribution in [1.29, 1.82) is 0 Å². The molecule has 1 rings (SSSR count). The summed E-state index contributed by atoms with van der Waals surface area (Å²) < 4.78 is 0. The summed E-state index contributed by atoms with van der Waals surface area (Å²) in [5.41, 5.74) is 0. The molecule has 1 aliphatic heterocycles. The van der Waals surface area contributed by atoms with Crippen LogP contribution < -0.4 is 5.32 Å². The van der Waals surface area contributed by atoms with Crippen LogP contribution in [-0.4, -0.2) is 47.1 Å². The van der Waals surface area contributed by atoms with Crippen molar-refractivity contribution >= 4 is 11.9 Å². The Labute approximate surface area is 102 Å². The molecule has 0 spiro atoms. The average molecular weight is 242 g/mol. The van der Waals surface area contributed by atoms with Crippen LogP contribution in [0.5, 0.6) is 0 Å². The SMILES string of the molecule is CC(C)N(CC(=O)O)C(=O)C1CCCCCN1. The van der Waals surface area contributed by atoms with Crippen LogP contribution in [0.1, 0.15) is 39.5 Å². The molecule has 2 N–H and O–H groups in total. The van der Waals surface area contributed by atoms with Gasteiger partial charge in [-0.1, -0.05) is 12.8 Å². The van der Waals surface area contributed by atoms with Crippen molar-refractivity contribution in [3.8, 4) is 0 Å². The molecule has 1 unspecified atom stereocenters. The van der Waals surface area contributed by atoms with Crippen LogP contribution in [-0.2, 0) is 9.59 Å². The predicted octanol–water partition coefficient (Wildman–Crippen LogP) is 0.840. The van der Waals surface area contributed by atoms with E-state index in [2.05, 4.69) is 5.32 Å². The van der Waals surface area contributed by atoms with Crippen molar-refractivity contribution in [3.63, 3.8) is 0 Å². The molecular weight excluding hydrogens is 220 g/mol. The summed E-state index contributed by atoms with van der Waals surface area (Å²) in [6, 6.07) is -0.289. The van der Waals surface area contributed by atoms with Crippen LogP contribution in [0.3, 0.4) is 0 Å². The molecule has 0 aliphatic carbocycles. The largest absolute Gasteiger partial charge is 0.480 e. The van der Waals surface area contributed by atoms with E-state index in [0.717, 1.165) is 32.2 Å². The quantitative estimate of drug-likeness (QED) is 0.766. The Hall–Kier alpha value is -1.10. The molecule has 0 aromatic carbocycles. The smallest absolute Gasteiger partial charge is 0.323 e. The van der Waals surface area contributed by atoms with E-state index in [0.29, 0.717) is 0 Å². The topological polar surface area (TPSA) is 69.6 Å². The molecule has 0 bridgehead atoms. The molecule has 17 heavy (non-hydrogen) atoms. The normalized spacial score (nSPS) is 21.0. The van der Waals surface area contributed by atoms with Gasteiger partial charge in [-0.2, -0.15) is 0 Å². The molecule has 1 atom stereocenters. The minimum absolute atomic E-state index is 0.0794. The first-order valence-electron chi connectivity index (χ1n) is 6.28. The van der Waals surface area contributed by atoms with Gasteiger partial charge in [-0.3, -0.25) is 9.59 Å². The molecule has 1 fully saturated rings. The maximum absolute atomic E-state index is 12.2. The minimum atomic E-state index is -0.958. The van der Waals surface area contributed by atoms with Gasteiger partial charge in [-0.15, -0.1) is 0 Å². The van der Waals surface area contributed by atoms with Gasteiger partial charge in [0.1, 0.15) is 6.54 Å². The van der Waals surface area contributed by atoms with E-state index in [-0.39, 0.29) is 24.5 Å². The first-order chi connectivity index (χ1) is 8.02. The molecule has 1 saturated heterocycles. The summed E-state index contributed by atoms with van der Waals surface area (Å²) in [5.74, 6) is -1.04. The lowest BCUT2D eigenvalue weighted by atomic mass is 10.1. The monoisotopic (exact) mass is 242 g/mol. The summed E-state index contributed by atoms with van der Waals surface area (Å²) in [7, 11) is 0. The third kappa shape index (κ3) is 4.34. The molecule has 98 valence electrons. The summed E-state index contributed by atoms with van der Waals surface area (Å²) in [5, 5.41) is 12.0. The molecule has 0 radical (unpaired) electrons. The van der Waals surface area contributed by atoms with E-state index >= 15 is 0 Å². The van der Waals surface area contributed by atoms with Crippen molar-refractivity contribution in [2.45, 2.75) is 51.6 Å². The number of carbonyl (C=O) groups excluding carboxylic acids is 1. The highest BCUT2D eigenvalue weighted by Gasteiger charge is 2.27. The number of hydrogen-bond acceptors (Lipinski definition) is 3. The van der Waals surface area contributed by atoms with Crippen LogP contribution >= 0.6 is 0 Å². The second-order valence-corrected chi connectivity index (χ2v) is 4.81. The number of aliphatic carboxylic acids is 1. The zero-order chi connectivity index (χ0) is 12.8. The van der Waals surface area contributed by atoms with Crippen LogP contribution in [0.25, 0.3) is 0 Å². The fraction of sp³-hybridized carbons (Fsp3) is 0.833. The van der Waals surface area contributed by atoms with E-state index in [9.17, 15) is 9.59 Å². The standard InChI is InChI=1S/C12H22N2O3/c1-9(2)14(8-11(15)16)12(17)10-6-4-3-5-7-13-10/h9-10,13H,3-8H2,1-2H3,(H,15,16). The Morgan fingerprint density at radius 2 is 2.06 bits per heavy atom. The molecule has 0 aromatic rings. The zero-order valence-corrected chi connectivity index (χ0v) is 10.6. The van der Waals surface area contributed by atoms with Crippen molar-refractivity contribution in [2.24, 2.45) is 0 Å². The molecule has 1 amide bonds. The molecule has 5 nitrogen and oxygen atoms in total. The van der Waals surface area contributed by atoms with Gasteiger partial charge in [0.25, 0.3) is 0 Å². The van der Waals surface area contributed by atoms with E-state index in [1.807, 2.05) is 13.8 Å². The lowest BCUT2D eigenvalue weighted by Gasteiger charge is -2.29. The van der Waals surface area contributed by atoms with Gasteiger partial charge in [-0.25, -0.2) is 0 Å².